The first-order valence-electron chi connectivity index (χ1n) is 7.41. The molecule has 1 atom stereocenters. The van der Waals surface area contributed by atoms with Crippen LogP contribution in [0.2, 0.25) is 0 Å². The molecule has 118 valence electrons. The second-order valence-electron chi connectivity index (χ2n) is 5.16. The van der Waals surface area contributed by atoms with Gasteiger partial charge in [-0.15, -0.1) is 0 Å². The fourth-order valence-electron chi connectivity index (χ4n) is 2.69. The number of hydrogen-bond donors (Lipinski definition) is 1. The van der Waals surface area contributed by atoms with Gasteiger partial charge in [-0.05, 0) is 36.6 Å². The first-order chi connectivity index (χ1) is 10.5. The zero-order valence-corrected chi connectivity index (χ0v) is 12.9. The number of nitrogens with zero attached hydrogens (tertiary/aromatic N) is 1. The lowest BCUT2D eigenvalue weighted by molar-refractivity contribution is -0.136. The molecule has 0 saturated carbocycles. The molecular weight excluding hydrogens is 287 g/mol. The highest BCUT2D eigenvalue weighted by Crippen LogP contribution is 2.29. The first kappa shape index (κ1) is 16.1. The normalized spacial score (nSPS) is 20.3. The minimum atomic E-state index is -0.657. The van der Waals surface area contributed by atoms with Gasteiger partial charge in [0.15, 0.2) is 0 Å². The topological polar surface area (TPSA) is 66.5 Å². The predicted octanol–water partition coefficient (Wildman–Crippen LogP) is 1.92. The number of hydrogen-bond acceptors (Lipinski definition) is 3. The number of imide groups is 1. The molecule has 0 aromatic heterocycles. The third kappa shape index (κ3) is 2.73. The summed E-state index contributed by atoms with van der Waals surface area (Å²) in [7, 11) is 0. The Balaban J connectivity index is 0.000000847. The number of piperidine rings is 1. The fraction of sp³-hybridized carbons (Fsp3) is 0.438. The van der Waals surface area contributed by atoms with Crippen molar-refractivity contribution in [2.45, 2.75) is 46.2 Å². The number of aryl methyl sites for hydroxylation is 1. The Kier molecular flexibility index (Phi) is 4.59. The standard InChI is InChI=1S/C14H13FN2O3.C2H6/c1-7-4-9-8(5-10(7)15)6-17(14(9)20)11-2-3-12(18)16-13(11)19;1-2/h4-5,11H,2-3,6H2,1H3,(H,16,18,19);1-2H3. The van der Waals surface area contributed by atoms with Gasteiger partial charge in [-0.2, -0.15) is 0 Å². The van der Waals surface area contributed by atoms with Gasteiger partial charge in [0.1, 0.15) is 11.9 Å². The number of rotatable bonds is 1. The molecule has 3 amide bonds. The fourth-order valence-corrected chi connectivity index (χ4v) is 2.69. The van der Waals surface area contributed by atoms with Gasteiger partial charge in [0, 0.05) is 18.5 Å². The third-order valence-corrected chi connectivity index (χ3v) is 3.80. The zero-order valence-electron chi connectivity index (χ0n) is 12.9. The van der Waals surface area contributed by atoms with E-state index in [2.05, 4.69) is 5.32 Å². The Morgan fingerprint density at radius 1 is 1.23 bits per heavy atom. The maximum atomic E-state index is 13.5. The van der Waals surface area contributed by atoms with Gasteiger partial charge in [-0.3, -0.25) is 19.7 Å². The first-order valence-corrected chi connectivity index (χ1v) is 7.41. The van der Waals surface area contributed by atoms with E-state index in [1.807, 2.05) is 13.8 Å². The molecule has 1 unspecified atom stereocenters. The number of carbonyl (C=O) groups excluding carboxylic acids is 3. The molecule has 2 aliphatic rings. The lowest BCUT2D eigenvalue weighted by Crippen LogP contribution is -2.52. The van der Waals surface area contributed by atoms with Gasteiger partial charge >= 0.3 is 0 Å². The van der Waals surface area contributed by atoms with E-state index in [0.717, 1.165) is 0 Å². The predicted molar refractivity (Wildman–Crippen MR) is 78.5 cm³/mol. The van der Waals surface area contributed by atoms with Crippen molar-refractivity contribution in [2.75, 3.05) is 0 Å². The van der Waals surface area contributed by atoms with Crippen LogP contribution in [0.1, 0.15) is 48.2 Å². The van der Waals surface area contributed by atoms with E-state index < -0.39 is 11.9 Å². The third-order valence-electron chi connectivity index (χ3n) is 3.80. The smallest absolute Gasteiger partial charge is 0.255 e. The van der Waals surface area contributed by atoms with E-state index >= 15 is 0 Å². The van der Waals surface area contributed by atoms with Crippen molar-refractivity contribution in [1.29, 1.82) is 0 Å². The molecule has 1 fully saturated rings. The maximum absolute atomic E-state index is 13.5. The van der Waals surface area contributed by atoms with E-state index in [-0.39, 0.29) is 30.6 Å². The number of carbonyl (C=O) groups is 3. The second kappa shape index (κ2) is 6.25. The Hall–Kier alpha value is -2.24. The molecule has 1 aromatic carbocycles. The average molecular weight is 306 g/mol. The summed E-state index contributed by atoms with van der Waals surface area (Å²) in [5.41, 5.74) is 1.43. The lowest BCUT2D eigenvalue weighted by Gasteiger charge is -2.29. The van der Waals surface area contributed by atoms with Crippen LogP contribution in [0.4, 0.5) is 4.39 Å². The number of halogens is 1. The number of fused-ring (bicyclic) bond motifs is 1. The summed E-state index contributed by atoms with van der Waals surface area (Å²) in [6.45, 7) is 5.80. The molecule has 1 aromatic rings. The van der Waals surface area contributed by atoms with Gasteiger partial charge in [0.05, 0.1) is 0 Å². The van der Waals surface area contributed by atoms with Crippen LogP contribution >= 0.6 is 0 Å². The van der Waals surface area contributed by atoms with E-state index in [4.69, 9.17) is 0 Å². The van der Waals surface area contributed by atoms with E-state index in [1.54, 1.807) is 6.92 Å². The molecule has 22 heavy (non-hydrogen) atoms. The molecule has 0 bridgehead atoms. The van der Waals surface area contributed by atoms with Crippen molar-refractivity contribution in [3.8, 4) is 0 Å². The van der Waals surface area contributed by atoms with Crippen LogP contribution in [0.5, 0.6) is 0 Å². The molecule has 6 heteroatoms. The van der Waals surface area contributed by atoms with Crippen LogP contribution in [-0.2, 0) is 16.1 Å². The largest absolute Gasteiger partial charge is 0.322 e. The van der Waals surface area contributed by atoms with Gasteiger partial charge in [0.25, 0.3) is 5.91 Å². The summed E-state index contributed by atoms with van der Waals surface area (Å²) in [5, 5.41) is 2.23. The molecule has 1 saturated heterocycles. The molecule has 0 aliphatic carbocycles. The van der Waals surface area contributed by atoms with E-state index in [1.165, 1.54) is 17.0 Å². The second-order valence-corrected chi connectivity index (χ2v) is 5.16. The minimum absolute atomic E-state index is 0.206. The van der Waals surface area contributed by atoms with Gasteiger partial charge in [-0.1, -0.05) is 13.8 Å². The van der Waals surface area contributed by atoms with Crippen LogP contribution in [0, 0.1) is 12.7 Å². The van der Waals surface area contributed by atoms with Crippen molar-refractivity contribution in [2.24, 2.45) is 0 Å². The van der Waals surface area contributed by atoms with Crippen molar-refractivity contribution < 1.29 is 18.8 Å². The highest BCUT2D eigenvalue weighted by atomic mass is 19.1. The maximum Gasteiger partial charge on any atom is 0.255 e. The van der Waals surface area contributed by atoms with Crippen molar-refractivity contribution in [1.82, 2.24) is 10.2 Å². The van der Waals surface area contributed by atoms with Gasteiger partial charge in [-0.25, -0.2) is 4.39 Å². The quantitative estimate of drug-likeness (QED) is 0.806. The van der Waals surface area contributed by atoms with E-state index in [9.17, 15) is 18.8 Å². The molecule has 2 heterocycles. The number of nitrogens with one attached hydrogen (secondary N) is 1. The van der Waals surface area contributed by atoms with Crippen LogP contribution < -0.4 is 5.32 Å². The van der Waals surface area contributed by atoms with Crippen LogP contribution in [0.3, 0.4) is 0 Å². The van der Waals surface area contributed by atoms with Crippen LogP contribution in [0.15, 0.2) is 12.1 Å². The minimum Gasteiger partial charge on any atom is -0.322 e. The monoisotopic (exact) mass is 306 g/mol. The van der Waals surface area contributed by atoms with Crippen LogP contribution in [0.25, 0.3) is 0 Å². The SMILES string of the molecule is CC.Cc1cc2c(cc1F)CN(C1CCC(=O)NC1=O)C2=O. The molecule has 5 nitrogen and oxygen atoms in total. The molecular formula is C16H19FN2O3. The van der Waals surface area contributed by atoms with Crippen molar-refractivity contribution in [3.63, 3.8) is 0 Å². The van der Waals surface area contributed by atoms with Gasteiger partial charge < -0.3 is 4.90 Å². The summed E-state index contributed by atoms with van der Waals surface area (Å²) in [6.07, 6.45) is 0.524. The Labute approximate surface area is 128 Å². The lowest BCUT2D eigenvalue weighted by atomic mass is 10.0. The summed E-state index contributed by atoms with van der Waals surface area (Å²) in [5.74, 6) is -1.42. The molecule has 3 rings (SSSR count). The number of amides is 3. The van der Waals surface area contributed by atoms with Gasteiger partial charge in [0.2, 0.25) is 11.8 Å². The van der Waals surface area contributed by atoms with Crippen molar-refractivity contribution >= 4 is 17.7 Å². The number of benzene rings is 1. The summed E-state index contributed by atoms with van der Waals surface area (Å²) in [4.78, 5) is 36.7. The Bertz CT molecular complexity index is 643. The van der Waals surface area contributed by atoms with Crippen LogP contribution in [-0.4, -0.2) is 28.7 Å². The van der Waals surface area contributed by atoms with Crippen molar-refractivity contribution in [3.05, 3.63) is 34.6 Å². The highest BCUT2D eigenvalue weighted by Gasteiger charge is 2.39. The summed E-state index contributed by atoms with van der Waals surface area (Å²) >= 11 is 0. The van der Waals surface area contributed by atoms with E-state index in [0.29, 0.717) is 23.1 Å². The molecule has 0 spiro atoms. The Morgan fingerprint density at radius 3 is 2.55 bits per heavy atom. The highest BCUT2D eigenvalue weighted by molar-refractivity contribution is 6.05. The molecule has 1 N–H and O–H groups in total. The zero-order chi connectivity index (χ0) is 16.4. The molecule has 2 aliphatic heterocycles. The summed E-state index contributed by atoms with van der Waals surface area (Å²) in [6, 6.07) is 2.20. The molecule has 0 radical (unpaired) electrons. The Morgan fingerprint density at radius 2 is 1.91 bits per heavy atom. The summed E-state index contributed by atoms with van der Waals surface area (Å²) < 4.78 is 13.5. The average Bonchev–Trinajstić information content (AvgIpc) is 2.79.